The second kappa shape index (κ2) is 4.37. The first-order valence-corrected chi connectivity index (χ1v) is 5.67. The summed E-state index contributed by atoms with van der Waals surface area (Å²) in [6.07, 6.45) is 1.24. The lowest BCUT2D eigenvalue weighted by Crippen LogP contribution is -2.15. The number of rotatable bonds is 3. The van der Waals surface area contributed by atoms with E-state index < -0.39 is 16.0 Å². The maximum absolute atomic E-state index is 11.0. The minimum atomic E-state index is -3.59. The van der Waals surface area contributed by atoms with E-state index in [1.807, 2.05) is 0 Å². The van der Waals surface area contributed by atoms with Crippen LogP contribution in [0.3, 0.4) is 0 Å². The molecule has 0 bridgehead atoms. The van der Waals surface area contributed by atoms with E-state index in [-0.39, 0.29) is 17.0 Å². The van der Waals surface area contributed by atoms with E-state index in [1.165, 1.54) is 25.4 Å². The van der Waals surface area contributed by atoms with Gasteiger partial charge in [-0.1, -0.05) is 0 Å². The molecule has 0 aliphatic rings. The Labute approximate surface area is 87.1 Å². The number of carbonyl (C=O) groups is 1. The Balaban J connectivity index is 2.86. The van der Waals surface area contributed by atoms with Gasteiger partial charge in [-0.3, -0.25) is 4.98 Å². The molecule has 1 heterocycles. The minimum Gasteiger partial charge on any atom is -0.465 e. The van der Waals surface area contributed by atoms with Crippen molar-refractivity contribution >= 4 is 16.0 Å². The Morgan fingerprint density at radius 2 is 2.20 bits per heavy atom. The number of esters is 1. The second-order valence-corrected chi connectivity index (χ2v) is 4.45. The Kier molecular flexibility index (Phi) is 3.38. The largest absolute Gasteiger partial charge is 0.465 e. The molecule has 0 aromatic carbocycles. The van der Waals surface area contributed by atoms with Crippen molar-refractivity contribution in [3.8, 4) is 0 Å². The Morgan fingerprint density at radius 3 is 2.60 bits per heavy atom. The molecule has 1 rings (SSSR count). The molecule has 6 nitrogen and oxygen atoms in total. The number of nitrogens with two attached hydrogens (primary N) is 1. The summed E-state index contributed by atoms with van der Waals surface area (Å²) in [6.45, 7) is 0. The van der Waals surface area contributed by atoms with Crippen LogP contribution in [0, 0.1) is 0 Å². The van der Waals surface area contributed by atoms with Gasteiger partial charge in [-0.05, 0) is 12.1 Å². The molecule has 1 aromatic rings. The van der Waals surface area contributed by atoms with Crippen LogP contribution in [0.1, 0.15) is 16.1 Å². The summed E-state index contributed by atoms with van der Waals surface area (Å²) in [4.78, 5) is 14.8. The molecular weight excluding hydrogens is 220 g/mol. The number of aromatic nitrogens is 1. The van der Waals surface area contributed by atoms with Crippen LogP contribution in [0.25, 0.3) is 0 Å². The highest BCUT2D eigenvalue weighted by Gasteiger charge is 2.09. The van der Waals surface area contributed by atoms with Gasteiger partial charge >= 0.3 is 5.97 Å². The smallest absolute Gasteiger partial charge is 0.339 e. The summed E-state index contributed by atoms with van der Waals surface area (Å²) in [5.41, 5.74) is 0.542. The van der Waals surface area contributed by atoms with E-state index in [1.54, 1.807) is 0 Å². The van der Waals surface area contributed by atoms with Gasteiger partial charge in [0, 0.05) is 6.20 Å². The summed E-state index contributed by atoms with van der Waals surface area (Å²) >= 11 is 0. The number of nitrogens with zero attached hydrogens (tertiary/aromatic N) is 1. The fourth-order valence-corrected chi connectivity index (χ4v) is 1.54. The van der Waals surface area contributed by atoms with Crippen LogP contribution in [0.4, 0.5) is 0 Å². The highest BCUT2D eigenvalue weighted by atomic mass is 32.2. The zero-order valence-corrected chi connectivity index (χ0v) is 8.82. The normalized spacial score (nSPS) is 11.1. The van der Waals surface area contributed by atoms with E-state index >= 15 is 0 Å². The molecule has 0 aliphatic heterocycles. The monoisotopic (exact) mass is 230 g/mol. The van der Waals surface area contributed by atoms with Gasteiger partial charge in [0.05, 0.1) is 18.4 Å². The van der Waals surface area contributed by atoms with Crippen LogP contribution in [0.15, 0.2) is 18.3 Å². The number of sulfonamides is 1. The van der Waals surface area contributed by atoms with Gasteiger partial charge in [-0.15, -0.1) is 0 Å². The maximum atomic E-state index is 11.0. The summed E-state index contributed by atoms with van der Waals surface area (Å²) in [6, 6.07) is 2.84. The van der Waals surface area contributed by atoms with Gasteiger partial charge in [-0.25, -0.2) is 18.4 Å². The molecule has 0 amide bonds. The molecule has 0 saturated heterocycles. The van der Waals surface area contributed by atoms with Gasteiger partial charge in [0.15, 0.2) is 0 Å². The summed E-state index contributed by atoms with van der Waals surface area (Å²) < 4.78 is 25.9. The number of primary sulfonamides is 1. The lowest BCUT2D eigenvalue weighted by molar-refractivity contribution is 0.0600. The first-order valence-electron chi connectivity index (χ1n) is 3.96. The van der Waals surface area contributed by atoms with Crippen LogP contribution in [-0.2, 0) is 20.5 Å². The van der Waals surface area contributed by atoms with Crippen molar-refractivity contribution in [3.05, 3.63) is 29.6 Å². The zero-order valence-electron chi connectivity index (χ0n) is 8.00. The first-order chi connectivity index (χ1) is 6.92. The first kappa shape index (κ1) is 11.6. The van der Waals surface area contributed by atoms with E-state index in [2.05, 4.69) is 9.72 Å². The number of hydrogen-bond acceptors (Lipinski definition) is 5. The van der Waals surface area contributed by atoms with Gasteiger partial charge < -0.3 is 4.74 Å². The molecule has 1 aromatic heterocycles. The molecule has 0 fully saturated rings. The SMILES string of the molecule is COC(=O)c1ccc(CS(N)(=O)=O)nc1. The van der Waals surface area contributed by atoms with Crippen molar-refractivity contribution < 1.29 is 17.9 Å². The standard InChI is InChI=1S/C8H10N2O4S/c1-14-8(11)6-2-3-7(10-4-6)5-15(9,12)13/h2-4H,5H2,1H3,(H2,9,12,13). The third kappa shape index (κ3) is 3.64. The molecular formula is C8H10N2O4S. The third-order valence-electron chi connectivity index (χ3n) is 1.59. The van der Waals surface area contributed by atoms with Crippen LogP contribution >= 0.6 is 0 Å². The minimum absolute atomic E-state index is 0.260. The maximum Gasteiger partial charge on any atom is 0.339 e. The molecule has 0 atom stereocenters. The van der Waals surface area contributed by atoms with E-state index in [0.717, 1.165) is 0 Å². The van der Waals surface area contributed by atoms with Gasteiger partial charge in [0.1, 0.15) is 5.75 Å². The Bertz CT molecular complexity index is 452. The summed E-state index contributed by atoms with van der Waals surface area (Å²) in [7, 11) is -2.34. The van der Waals surface area contributed by atoms with Crippen molar-refractivity contribution in [2.24, 2.45) is 5.14 Å². The van der Waals surface area contributed by atoms with Gasteiger partial charge in [0.25, 0.3) is 0 Å². The number of pyridine rings is 1. The van der Waals surface area contributed by atoms with E-state index in [0.29, 0.717) is 0 Å². The van der Waals surface area contributed by atoms with Crippen LogP contribution in [0.5, 0.6) is 0 Å². The number of carbonyl (C=O) groups excluding carboxylic acids is 1. The molecule has 7 heteroatoms. The lowest BCUT2D eigenvalue weighted by atomic mass is 10.2. The molecule has 15 heavy (non-hydrogen) atoms. The van der Waals surface area contributed by atoms with Gasteiger partial charge in [-0.2, -0.15) is 0 Å². The number of ether oxygens (including phenoxy) is 1. The van der Waals surface area contributed by atoms with Crippen LogP contribution in [0.2, 0.25) is 0 Å². The van der Waals surface area contributed by atoms with Crippen LogP contribution in [-0.4, -0.2) is 26.5 Å². The molecule has 82 valence electrons. The topological polar surface area (TPSA) is 99.4 Å². The van der Waals surface area contributed by atoms with Crippen molar-refractivity contribution in [2.75, 3.05) is 7.11 Å². The predicted octanol–water partition coefficient (Wildman–Crippen LogP) is -0.343. The van der Waals surface area contributed by atoms with E-state index in [9.17, 15) is 13.2 Å². The zero-order chi connectivity index (χ0) is 11.5. The highest BCUT2D eigenvalue weighted by molar-refractivity contribution is 7.88. The van der Waals surface area contributed by atoms with Crippen molar-refractivity contribution in [3.63, 3.8) is 0 Å². The predicted molar refractivity (Wildman–Crippen MR) is 52.4 cm³/mol. The van der Waals surface area contributed by atoms with Gasteiger partial charge in [0.2, 0.25) is 10.0 Å². The second-order valence-electron chi connectivity index (χ2n) is 2.84. The number of hydrogen-bond donors (Lipinski definition) is 1. The molecule has 0 unspecified atom stereocenters. The quantitative estimate of drug-likeness (QED) is 0.716. The summed E-state index contributed by atoms with van der Waals surface area (Å²) in [5.74, 6) is -0.876. The van der Waals surface area contributed by atoms with Crippen molar-refractivity contribution in [2.45, 2.75) is 5.75 Å². The van der Waals surface area contributed by atoms with Crippen molar-refractivity contribution in [1.29, 1.82) is 0 Å². The highest BCUT2D eigenvalue weighted by Crippen LogP contribution is 2.04. The Hall–Kier alpha value is -1.47. The molecule has 0 saturated carbocycles. The number of methoxy groups -OCH3 is 1. The average molecular weight is 230 g/mol. The fraction of sp³-hybridized carbons (Fsp3) is 0.250. The van der Waals surface area contributed by atoms with Crippen LogP contribution < -0.4 is 5.14 Å². The third-order valence-corrected chi connectivity index (χ3v) is 2.29. The molecule has 0 spiro atoms. The van der Waals surface area contributed by atoms with Crippen molar-refractivity contribution in [1.82, 2.24) is 4.98 Å². The lowest BCUT2D eigenvalue weighted by Gasteiger charge is -2.00. The fourth-order valence-electron chi connectivity index (χ4n) is 0.955. The summed E-state index contributed by atoms with van der Waals surface area (Å²) in [5, 5.41) is 4.83. The van der Waals surface area contributed by atoms with E-state index in [4.69, 9.17) is 5.14 Å². The molecule has 0 radical (unpaired) electrons. The Morgan fingerprint density at radius 1 is 1.53 bits per heavy atom. The molecule has 0 aliphatic carbocycles. The molecule has 2 N–H and O–H groups in total. The average Bonchev–Trinajstić information content (AvgIpc) is 2.15.